The second kappa shape index (κ2) is 9.18. The zero-order valence-corrected chi connectivity index (χ0v) is 20.6. The smallest absolute Gasteiger partial charge is 0.295 e. The van der Waals surface area contributed by atoms with E-state index >= 15 is 0 Å². The molecule has 8 nitrogen and oxygen atoms in total. The van der Waals surface area contributed by atoms with Crippen LogP contribution in [-0.2, 0) is 21.5 Å². The highest BCUT2D eigenvalue weighted by Crippen LogP contribution is 2.42. The average Bonchev–Trinajstić information content (AvgIpc) is 3.60. The summed E-state index contributed by atoms with van der Waals surface area (Å²) in [5.41, 5.74) is 2.33. The van der Waals surface area contributed by atoms with E-state index in [0.717, 1.165) is 11.1 Å². The zero-order valence-electron chi connectivity index (χ0n) is 20.6. The Labute approximate surface area is 209 Å². The lowest BCUT2D eigenvalue weighted by atomic mass is 9.85. The summed E-state index contributed by atoms with van der Waals surface area (Å²) in [6.07, 6.45) is 5.91. The molecule has 0 saturated carbocycles. The van der Waals surface area contributed by atoms with Crippen molar-refractivity contribution in [1.82, 2.24) is 14.5 Å². The molecule has 0 bridgehead atoms. The van der Waals surface area contributed by atoms with E-state index < -0.39 is 17.7 Å². The molecule has 1 aromatic heterocycles. The maximum absolute atomic E-state index is 13.3. The number of benzene rings is 2. The number of imidazole rings is 1. The Bertz CT molecular complexity index is 1320. The van der Waals surface area contributed by atoms with Crippen LogP contribution in [0.3, 0.4) is 0 Å². The van der Waals surface area contributed by atoms with Gasteiger partial charge in [-0.1, -0.05) is 45.0 Å². The number of fused-ring (bicyclic) bond motifs is 1. The number of hydrogen-bond donors (Lipinski definition) is 1. The molecule has 1 amide bonds. The van der Waals surface area contributed by atoms with Gasteiger partial charge in [-0.15, -0.1) is 0 Å². The predicted octanol–water partition coefficient (Wildman–Crippen LogP) is 4.42. The van der Waals surface area contributed by atoms with Crippen LogP contribution in [0, 0.1) is 0 Å². The molecular formula is C28H29N3O5. The molecule has 2 aromatic carbocycles. The molecule has 2 aliphatic heterocycles. The van der Waals surface area contributed by atoms with E-state index in [0.29, 0.717) is 36.6 Å². The lowest BCUT2D eigenvalue weighted by Crippen LogP contribution is -2.31. The van der Waals surface area contributed by atoms with E-state index in [4.69, 9.17) is 9.47 Å². The second-order valence-corrected chi connectivity index (χ2v) is 10.1. The molecule has 5 rings (SSSR count). The number of aliphatic hydroxyl groups excluding tert-OH is 1. The number of rotatable bonds is 6. The number of hydrogen-bond acceptors (Lipinski definition) is 6. The summed E-state index contributed by atoms with van der Waals surface area (Å²) >= 11 is 0. The van der Waals surface area contributed by atoms with Gasteiger partial charge in [-0.05, 0) is 41.2 Å². The van der Waals surface area contributed by atoms with Crippen molar-refractivity contribution in [3.05, 3.63) is 83.4 Å². The maximum Gasteiger partial charge on any atom is 0.295 e. The van der Waals surface area contributed by atoms with E-state index in [-0.39, 0.29) is 23.5 Å². The number of carbonyl (C=O) groups excluding carboxylic acids is 2. The van der Waals surface area contributed by atoms with E-state index in [9.17, 15) is 14.7 Å². The summed E-state index contributed by atoms with van der Waals surface area (Å²) in [6.45, 7) is 7.49. The summed E-state index contributed by atoms with van der Waals surface area (Å²) in [5.74, 6) is -0.486. The van der Waals surface area contributed by atoms with Crippen molar-refractivity contribution in [2.75, 3.05) is 13.3 Å². The first-order valence-corrected chi connectivity index (χ1v) is 12.0. The fourth-order valence-electron chi connectivity index (χ4n) is 4.66. The van der Waals surface area contributed by atoms with Gasteiger partial charge in [0.25, 0.3) is 11.7 Å². The third kappa shape index (κ3) is 4.34. The van der Waals surface area contributed by atoms with Gasteiger partial charge in [-0.25, -0.2) is 4.98 Å². The van der Waals surface area contributed by atoms with Crippen LogP contribution < -0.4 is 9.47 Å². The van der Waals surface area contributed by atoms with Crippen LogP contribution in [0.5, 0.6) is 11.5 Å². The molecule has 36 heavy (non-hydrogen) atoms. The SMILES string of the molecule is CC(C)(C)c1ccc([C@H]2C(=C(O)c3ccc4c(c3)OCO4)C(=O)C(=O)N2CCCn2ccnc2)cc1. The Kier molecular flexibility index (Phi) is 6.04. The van der Waals surface area contributed by atoms with Crippen LogP contribution in [0.4, 0.5) is 0 Å². The number of Topliss-reactive ketones (excluding diaryl/α,β-unsaturated/α-hetero) is 1. The molecule has 0 spiro atoms. The molecule has 0 unspecified atom stereocenters. The number of ether oxygens (including phenoxy) is 2. The van der Waals surface area contributed by atoms with Crippen molar-refractivity contribution in [3.8, 4) is 11.5 Å². The van der Waals surface area contributed by atoms with Crippen LogP contribution in [0.15, 0.2) is 66.8 Å². The Hall–Kier alpha value is -4.07. The summed E-state index contributed by atoms with van der Waals surface area (Å²) in [4.78, 5) is 32.1. The number of aromatic nitrogens is 2. The average molecular weight is 488 g/mol. The topological polar surface area (TPSA) is 93.9 Å². The summed E-state index contributed by atoms with van der Waals surface area (Å²) < 4.78 is 12.7. The largest absolute Gasteiger partial charge is 0.507 e. The lowest BCUT2D eigenvalue weighted by Gasteiger charge is -2.26. The molecule has 0 radical (unpaired) electrons. The van der Waals surface area contributed by atoms with Crippen molar-refractivity contribution in [2.24, 2.45) is 0 Å². The summed E-state index contributed by atoms with van der Waals surface area (Å²) in [7, 11) is 0. The Morgan fingerprint density at radius 2 is 1.81 bits per heavy atom. The molecular weight excluding hydrogens is 458 g/mol. The standard InChI is InChI=1S/C28H29N3O5/c1-28(2,3)20-8-5-18(6-9-20)24-23(25(32)19-7-10-21-22(15-19)36-17-35-21)26(33)27(34)31(24)13-4-12-30-14-11-29-16-30/h5-11,14-16,24,32H,4,12-13,17H2,1-3H3/t24-/m0/s1. The van der Waals surface area contributed by atoms with Crippen LogP contribution in [-0.4, -0.2) is 44.6 Å². The van der Waals surface area contributed by atoms with Crippen LogP contribution in [0.2, 0.25) is 0 Å². The molecule has 0 aliphatic carbocycles. The maximum atomic E-state index is 13.3. The van der Waals surface area contributed by atoms with Gasteiger partial charge in [-0.2, -0.15) is 0 Å². The van der Waals surface area contributed by atoms with Gasteiger partial charge in [0, 0.05) is 31.0 Å². The van der Waals surface area contributed by atoms with Crippen LogP contribution in [0.25, 0.3) is 5.76 Å². The van der Waals surface area contributed by atoms with E-state index in [2.05, 4.69) is 25.8 Å². The summed E-state index contributed by atoms with van der Waals surface area (Å²) in [5, 5.41) is 11.3. The van der Waals surface area contributed by atoms with Gasteiger partial charge >= 0.3 is 0 Å². The molecule has 3 heterocycles. The fraction of sp³-hybridized carbons (Fsp3) is 0.321. The fourth-order valence-corrected chi connectivity index (χ4v) is 4.66. The van der Waals surface area contributed by atoms with Gasteiger partial charge in [0.15, 0.2) is 11.5 Å². The van der Waals surface area contributed by atoms with Gasteiger partial charge in [-0.3, -0.25) is 9.59 Å². The number of ketones is 1. The Morgan fingerprint density at radius 1 is 1.06 bits per heavy atom. The van der Waals surface area contributed by atoms with Gasteiger partial charge in [0.2, 0.25) is 6.79 Å². The first kappa shape index (κ1) is 23.7. The van der Waals surface area contributed by atoms with Gasteiger partial charge in [0.05, 0.1) is 17.9 Å². The predicted molar refractivity (Wildman–Crippen MR) is 134 cm³/mol. The molecule has 1 saturated heterocycles. The third-order valence-electron chi connectivity index (χ3n) is 6.65. The monoisotopic (exact) mass is 487 g/mol. The van der Waals surface area contributed by atoms with E-state index in [1.807, 2.05) is 35.0 Å². The van der Waals surface area contributed by atoms with Crippen LogP contribution in [0.1, 0.15) is 49.9 Å². The van der Waals surface area contributed by atoms with Crippen molar-refractivity contribution < 1.29 is 24.2 Å². The molecule has 1 atom stereocenters. The highest BCUT2D eigenvalue weighted by molar-refractivity contribution is 6.46. The highest BCUT2D eigenvalue weighted by Gasteiger charge is 2.46. The highest BCUT2D eigenvalue weighted by atomic mass is 16.7. The summed E-state index contributed by atoms with van der Waals surface area (Å²) in [6, 6.07) is 12.2. The minimum atomic E-state index is -0.702. The van der Waals surface area contributed by atoms with Crippen molar-refractivity contribution in [1.29, 1.82) is 0 Å². The van der Waals surface area contributed by atoms with Crippen molar-refractivity contribution in [3.63, 3.8) is 0 Å². The molecule has 2 aliphatic rings. The van der Waals surface area contributed by atoms with Gasteiger partial charge < -0.3 is 24.0 Å². The molecule has 3 aromatic rings. The Balaban J connectivity index is 1.54. The number of likely N-dealkylation sites (tertiary alicyclic amines) is 1. The molecule has 186 valence electrons. The Morgan fingerprint density at radius 3 is 2.50 bits per heavy atom. The van der Waals surface area contributed by atoms with Crippen molar-refractivity contribution >= 4 is 17.4 Å². The number of amides is 1. The quantitative estimate of drug-likeness (QED) is 0.314. The first-order valence-electron chi connectivity index (χ1n) is 12.0. The van der Waals surface area contributed by atoms with Crippen LogP contribution >= 0.6 is 0 Å². The second-order valence-electron chi connectivity index (χ2n) is 10.1. The number of nitrogens with zero attached hydrogens (tertiary/aromatic N) is 3. The lowest BCUT2D eigenvalue weighted by molar-refractivity contribution is -0.139. The zero-order chi connectivity index (χ0) is 25.4. The minimum absolute atomic E-state index is 0.0440. The first-order chi connectivity index (χ1) is 17.2. The van der Waals surface area contributed by atoms with E-state index in [1.54, 1.807) is 35.6 Å². The van der Waals surface area contributed by atoms with E-state index in [1.165, 1.54) is 0 Å². The number of aryl methyl sites for hydroxylation is 1. The van der Waals surface area contributed by atoms with Crippen molar-refractivity contribution in [2.45, 2.75) is 45.2 Å². The molecule has 1 N–H and O–H groups in total. The minimum Gasteiger partial charge on any atom is -0.507 e. The number of aliphatic hydroxyl groups is 1. The van der Waals surface area contributed by atoms with Gasteiger partial charge in [0.1, 0.15) is 5.76 Å². The normalized spacial score (nSPS) is 18.8. The molecule has 1 fully saturated rings. The molecule has 8 heteroatoms. The number of carbonyl (C=O) groups is 2. The third-order valence-corrected chi connectivity index (χ3v) is 6.65.